The number of carbonyl (C=O) groups is 1. The standard InChI is InChI=1S/C41H55ClN4O5S/c1-28-7-4-17-41(50-3,26-44-19-20-45-18-6-9-34(45)24-44)36-13-10-32(36)23-46-25-40(16-5-8-30-21-33(42)12-14-35(30)40)27-51-38-15-11-31(22-37(38)46)39(47)43-52(48,49)29(28)2/h4,11-12,14-15,17,21-22,28-29,32,34,36H,5-10,13,16,18-20,23-27H2,1-3H3,(H,43,47)/b17-4-/t28-,29+,32-,34-,36+,40-,41-/m0/s1. The monoisotopic (exact) mass is 750 g/mol. The van der Waals surface area contributed by atoms with Crippen LogP contribution in [0, 0.1) is 17.8 Å². The van der Waals surface area contributed by atoms with Crippen LogP contribution in [0.25, 0.3) is 0 Å². The van der Waals surface area contributed by atoms with Gasteiger partial charge in [0.2, 0.25) is 10.0 Å². The van der Waals surface area contributed by atoms with Gasteiger partial charge in [0.15, 0.2) is 0 Å². The molecule has 0 radical (unpaired) electrons. The molecule has 1 amide bonds. The van der Waals surface area contributed by atoms with Gasteiger partial charge >= 0.3 is 0 Å². The molecule has 1 saturated carbocycles. The first kappa shape index (κ1) is 36.4. The molecule has 2 aliphatic carbocycles. The first-order chi connectivity index (χ1) is 25.0. The van der Waals surface area contributed by atoms with E-state index < -0.39 is 26.8 Å². The van der Waals surface area contributed by atoms with Crippen molar-refractivity contribution in [3.8, 4) is 5.75 Å². The van der Waals surface area contributed by atoms with Gasteiger partial charge in [0, 0.05) is 68.4 Å². The Morgan fingerprint density at radius 2 is 1.90 bits per heavy atom. The topological polar surface area (TPSA) is 91.4 Å². The highest BCUT2D eigenvalue weighted by atomic mass is 35.5. The van der Waals surface area contributed by atoms with E-state index in [9.17, 15) is 13.2 Å². The maximum absolute atomic E-state index is 13.6. The van der Waals surface area contributed by atoms with Crippen LogP contribution >= 0.6 is 11.6 Å². The van der Waals surface area contributed by atoms with Gasteiger partial charge in [-0.25, -0.2) is 13.1 Å². The SMILES string of the molecule is CO[C@]1(CN2CCN3CCC[C@H]3C2)/C=C\C[C@H](C)[C@@H](C)S(=O)(=O)NC(=O)c2ccc3c(c2)N(C[C@@H]2CC[C@H]21)C[C@@]1(CCCc2cc(Cl)ccc21)CO3. The van der Waals surface area contributed by atoms with Gasteiger partial charge in [-0.3, -0.25) is 14.6 Å². The summed E-state index contributed by atoms with van der Waals surface area (Å²) < 4.78 is 43.1. The van der Waals surface area contributed by atoms with Gasteiger partial charge < -0.3 is 14.4 Å². The van der Waals surface area contributed by atoms with Crippen molar-refractivity contribution in [2.45, 2.75) is 87.5 Å². The second-order valence-electron chi connectivity index (χ2n) is 16.8. The highest BCUT2D eigenvalue weighted by Gasteiger charge is 2.50. The first-order valence-corrected chi connectivity index (χ1v) is 21.5. The quantitative estimate of drug-likeness (QED) is 0.380. The Balaban J connectivity index is 1.19. The van der Waals surface area contributed by atoms with Crippen molar-refractivity contribution in [3.63, 3.8) is 0 Å². The number of sulfonamides is 1. The number of rotatable bonds is 3. The average molecular weight is 751 g/mol. The second-order valence-corrected chi connectivity index (χ2v) is 19.2. The van der Waals surface area contributed by atoms with Gasteiger partial charge in [-0.2, -0.15) is 0 Å². The fourth-order valence-electron chi connectivity index (χ4n) is 10.4. The van der Waals surface area contributed by atoms with Crippen LogP contribution in [0.4, 0.5) is 5.69 Å². The predicted molar refractivity (Wildman–Crippen MR) is 206 cm³/mol. The molecule has 2 bridgehead atoms. The van der Waals surface area contributed by atoms with E-state index in [1.54, 1.807) is 13.0 Å². The van der Waals surface area contributed by atoms with E-state index in [0.717, 1.165) is 87.8 Å². The van der Waals surface area contributed by atoms with Crippen molar-refractivity contribution in [2.24, 2.45) is 17.8 Å². The van der Waals surface area contributed by atoms with Gasteiger partial charge in [0.1, 0.15) is 11.4 Å². The number of fused-ring (bicyclic) bond motifs is 5. The molecule has 8 rings (SSSR count). The molecule has 2 aromatic carbocycles. The first-order valence-electron chi connectivity index (χ1n) is 19.6. The molecular formula is C41H55ClN4O5S. The fourth-order valence-corrected chi connectivity index (χ4v) is 11.8. The number of halogens is 1. The molecule has 6 aliphatic rings. The summed E-state index contributed by atoms with van der Waals surface area (Å²) in [4.78, 5) is 21.4. The molecule has 0 aromatic heterocycles. The van der Waals surface area contributed by atoms with Crippen LogP contribution < -0.4 is 14.4 Å². The van der Waals surface area contributed by atoms with Crippen LogP contribution in [0.3, 0.4) is 0 Å². The number of methoxy groups -OCH3 is 1. The Labute approximate surface area is 315 Å². The van der Waals surface area contributed by atoms with E-state index in [0.29, 0.717) is 30.6 Å². The molecule has 9 nitrogen and oxygen atoms in total. The zero-order valence-corrected chi connectivity index (χ0v) is 32.6. The highest BCUT2D eigenvalue weighted by molar-refractivity contribution is 7.90. The van der Waals surface area contributed by atoms with Crippen molar-refractivity contribution >= 4 is 33.2 Å². The Morgan fingerprint density at radius 3 is 2.71 bits per heavy atom. The molecule has 2 saturated heterocycles. The molecule has 3 fully saturated rings. The maximum atomic E-state index is 13.6. The Morgan fingerprint density at radius 1 is 1.04 bits per heavy atom. The number of allylic oxidation sites excluding steroid dienone is 1. The van der Waals surface area contributed by atoms with Crippen molar-refractivity contribution in [3.05, 3.63) is 70.3 Å². The van der Waals surface area contributed by atoms with E-state index in [1.165, 1.54) is 30.5 Å². The number of amides is 1. The summed E-state index contributed by atoms with van der Waals surface area (Å²) in [5, 5.41) is -0.0122. The number of benzene rings is 2. The van der Waals surface area contributed by atoms with Gasteiger partial charge in [-0.15, -0.1) is 0 Å². The third-order valence-electron chi connectivity index (χ3n) is 13.8. The van der Waals surface area contributed by atoms with Crippen molar-refractivity contribution in [1.82, 2.24) is 14.5 Å². The van der Waals surface area contributed by atoms with E-state index >= 15 is 0 Å². The molecule has 2 aromatic rings. The van der Waals surface area contributed by atoms with Gasteiger partial charge in [0.25, 0.3) is 5.91 Å². The smallest absolute Gasteiger partial charge is 0.264 e. The number of piperazine rings is 1. The number of nitrogens with zero attached hydrogens (tertiary/aromatic N) is 3. The summed E-state index contributed by atoms with van der Waals surface area (Å²) in [6.45, 7) is 10.9. The van der Waals surface area contributed by atoms with Crippen LogP contribution in [0.1, 0.15) is 80.3 Å². The Hall–Kier alpha value is -2.63. The third kappa shape index (κ3) is 6.69. The number of ether oxygens (including phenoxy) is 2. The summed E-state index contributed by atoms with van der Waals surface area (Å²) in [5.74, 6) is 0.554. The van der Waals surface area contributed by atoms with Crippen LogP contribution in [0.15, 0.2) is 48.6 Å². The Bertz CT molecular complexity index is 1820. The summed E-state index contributed by atoms with van der Waals surface area (Å²) in [7, 11) is -2.07. The maximum Gasteiger partial charge on any atom is 0.264 e. The van der Waals surface area contributed by atoms with E-state index in [-0.39, 0.29) is 17.3 Å². The molecule has 1 N–H and O–H groups in total. The molecular weight excluding hydrogens is 696 g/mol. The largest absolute Gasteiger partial charge is 0.490 e. The number of nitrogens with one attached hydrogen (secondary N) is 1. The lowest BCUT2D eigenvalue weighted by Crippen LogP contribution is -2.60. The lowest BCUT2D eigenvalue weighted by atomic mass is 9.63. The number of hydrogen-bond donors (Lipinski definition) is 1. The molecule has 7 atom stereocenters. The predicted octanol–water partition coefficient (Wildman–Crippen LogP) is 6.05. The summed E-state index contributed by atoms with van der Waals surface area (Å²) >= 11 is 6.51. The zero-order valence-electron chi connectivity index (χ0n) is 31.0. The molecule has 282 valence electrons. The second kappa shape index (κ2) is 14.2. The van der Waals surface area contributed by atoms with Crippen molar-refractivity contribution in [2.75, 3.05) is 64.4 Å². The van der Waals surface area contributed by atoms with Crippen LogP contribution in [-0.2, 0) is 26.6 Å². The summed E-state index contributed by atoms with van der Waals surface area (Å²) in [5.41, 5.74) is 2.98. The van der Waals surface area contributed by atoms with Crippen LogP contribution in [0.2, 0.25) is 5.02 Å². The van der Waals surface area contributed by atoms with Gasteiger partial charge in [0.05, 0.1) is 17.5 Å². The summed E-state index contributed by atoms with van der Waals surface area (Å²) in [6, 6.07) is 12.3. The number of anilines is 1. The van der Waals surface area contributed by atoms with Crippen molar-refractivity contribution in [1.29, 1.82) is 0 Å². The zero-order chi connectivity index (χ0) is 36.3. The molecule has 1 spiro atoms. The average Bonchev–Trinajstić information content (AvgIpc) is 3.53. The van der Waals surface area contributed by atoms with Gasteiger partial charge in [-0.05, 0) is 124 Å². The van der Waals surface area contributed by atoms with Crippen LogP contribution in [0.5, 0.6) is 5.75 Å². The minimum Gasteiger partial charge on any atom is -0.490 e. The number of aryl methyl sites for hydroxylation is 1. The molecule has 52 heavy (non-hydrogen) atoms. The number of hydrogen-bond acceptors (Lipinski definition) is 8. The lowest BCUT2D eigenvalue weighted by molar-refractivity contribution is -0.0974. The van der Waals surface area contributed by atoms with E-state index in [4.69, 9.17) is 21.1 Å². The third-order valence-corrected chi connectivity index (χ3v) is 15.9. The van der Waals surface area contributed by atoms with Gasteiger partial charge in [-0.1, -0.05) is 36.7 Å². The highest BCUT2D eigenvalue weighted by Crippen LogP contribution is 2.49. The van der Waals surface area contributed by atoms with E-state index in [1.807, 2.05) is 32.2 Å². The Kier molecular flexibility index (Phi) is 9.94. The van der Waals surface area contributed by atoms with Crippen LogP contribution in [-0.4, -0.2) is 101 Å². The minimum absolute atomic E-state index is 0.205. The summed E-state index contributed by atoms with van der Waals surface area (Å²) in [6.07, 6.45) is 12.7. The normalized spacial score (nSPS) is 35.7. The lowest BCUT2D eigenvalue weighted by Gasteiger charge is -2.52. The molecule has 4 heterocycles. The van der Waals surface area contributed by atoms with Crippen molar-refractivity contribution < 1.29 is 22.7 Å². The fraction of sp³-hybridized carbons (Fsp3) is 0.634. The molecule has 11 heteroatoms. The minimum atomic E-state index is -3.94. The van der Waals surface area contributed by atoms with E-state index in [2.05, 4.69) is 43.7 Å². The molecule has 0 unspecified atom stereocenters. The number of carbonyl (C=O) groups excluding carboxylic acids is 1. The molecule has 4 aliphatic heterocycles.